The van der Waals surface area contributed by atoms with Crippen molar-refractivity contribution in [1.82, 2.24) is 10.6 Å². The molecule has 0 bridgehead atoms. The topological polar surface area (TPSA) is 114 Å². The van der Waals surface area contributed by atoms with Crippen molar-refractivity contribution >= 4 is 47.8 Å². The number of rotatable bonds is 14. The van der Waals surface area contributed by atoms with Crippen molar-refractivity contribution in [2.45, 2.75) is 47.1 Å². The van der Waals surface area contributed by atoms with E-state index in [2.05, 4.69) is 10.6 Å². The molecule has 3 N–H and O–H groups in total. The number of thioether (sulfide) groups is 1. The zero-order chi connectivity index (χ0) is 21.7. The number of carbonyl (C=O) groups is 2. The maximum absolute atomic E-state index is 12.8. The predicted molar refractivity (Wildman–Crippen MR) is 117 cm³/mol. The Balaban J connectivity index is 4.34. The molecule has 0 saturated carbocycles. The number of carboxylic acid groups (broad SMARTS) is 1. The molecule has 0 aromatic rings. The van der Waals surface area contributed by atoms with E-state index < -0.39 is 25.5 Å². The van der Waals surface area contributed by atoms with Crippen LogP contribution in [0.25, 0.3) is 0 Å². The third kappa shape index (κ3) is 14.3. The van der Waals surface area contributed by atoms with Crippen LogP contribution in [0.4, 0.5) is 0 Å². The average Bonchev–Trinajstić information content (AvgIpc) is 2.58. The summed E-state index contributed by atoms with van der Waals surface area (Å²) in [5.74, 6) is -0.900. The van der Waals surface area contributed by atoms with Gasteiger partial charge in [-0.2, -0.15) is 0 Å². The van der Waals surface area contributed by atoms with Gasteiger partial charge in [0.05, 0.1) is 19.4 Å². The largest absolute Gasteiger partial charge is 0.480 e. The highest BCUT2D eigenvalue weighted by Gasteiger charge is 2.25. The summed E-state index contributed by atoms with van der Waals surface area (Å²) in [6.45, 7) is 10.4. The quantitative estimate of drug-likeness (QED) is 0.206. The summed E-state index contributed by atoms with van der Waals surface area (Å²) in [6.07, 6.45) is 0.804. The summed E-state index contributed by atoms with van der Waals surface area (Å²) in [5, 5.41) is 14.4. The van der Waals surface area contributed by atoms with Gasteiger partial charge in [0.1, 0.15) is 10.4 Å². The van der Waals surface area contributed by atoms with Crippen LogP contribution in [0.5, 0.6) is 0 Å². The highest BCUT2D eigenvalue weighted by molar-refractivity contribution is 8.23. The van der Waals surface area contributed by atoms with Crippen LogP contribution in [0.1, 0.15) is 41.0 Å². The number of carboxylic acids is 1. The van der Waals surface area contributed by atoms with Crippen LogP contribution in [0.15, 0.2) is 0 Å². The van der Waals surface area contributed by atoms with Gasteiger partial charge in [-0.1, -0.05) is 51.7 Å². The summed E-state index contributed by atoms with van der Waals surface area (Å²) >= 11 is 6.30. The Hall–Kier alpha value is -0.670. The minimum atomic E-state index is -3.16. The zero-order valence-electron chi connectivity index (χ0n) is 17.2. The Kier molecular flexibility index (Phi) is 14.0. The molecule has 28 heavy (non-hydrogen) atoms. The van der Waals surface area contributed by atoms with Crippen molar-refractivity contribution in [1.29, 1.82) is 0 Å². The molecule has 0 aromatic heterocycles. The fourth-order valence-electron chi connectivity index (χ4n) is 1.78. The van der Waals surface area contributed by atoms with Crippen molar-refractivity contribution in [3.63, 3.8) is 0 Å². The first-order chi connectivity index (χ1) is 12.9. The molecule has 1 amide bonds. The maximum atomic E-state index is 12.8. The number of amides is 1. The molecule has 0 aliphatic heterocycles. The van der Waals surface area contributed by atoms with Crippen LogP contribution >= 0.6 is 31.6 Å². The molecular formula is C17H33N2O6PS2. The number of hydrogen-bond acceptors (Lipinski definition) is 7. The Morgan fingerprint density at radius 2 is 1.68 bits per heavy atom. The van der Waals surface area contributed by atoms with E-state index in [1.807, 2.05) is 27.7 Å². The highest BCUT2D eigenvalue weighted by Crippen LogP contribution is 2.49. The molecule has 0 aromatic carbocycles. The average molecular weight is 457 g/mol. The molecule has 0 aliphatic rings. The lowest BCUT2D eigenvalue weighted by Gasteiger charge is -2.21. The fourth-order valence-corrected chi connectivity index (χ4v) is 4.77. The van der Waals surface area contributed by atoms with Crippen molar-refractivity contribution in [2.75, 3.05) is 31.7 Å². The molecule has 0 fully saturated rings. The molecular weight excluding hydrogens is 423 g/mol. The van der Waals surface area contributed by atoms with E-state index in [0.29, 0.717) is 30.5 Å². The van der Waals surface area contributed by atoms with Gasteiger partial charge in [0, 0.05) is 19.2 Å². The van der Waals surface area contributed by atoms with Crippen LogP contribution < -0.4 is 10.6 Å². The minimum absolute atomic E-state index is 0.119. The Morgan fingerprint density at radius 1 is 1.14 bits per heavy atom. The van der Waals surface area contributed by atoms with E-state index in [0.717, 1.165) is 11.8 Å². The molecule has 0 unspecified atom stereocenters. The second-order valence-electron chi connectivity index (χ2n) is 7.18. The van der Waals surface area contributed by atoms with E-state index in [1.165, 1.54) is 6.92 Å². The van der Waals surface area contributed by atoms with Crippen molar-refractivity contribution in [2.24, 2.45) is 11.8 Å². The maximum Gasteiger partial charge on any atom is 0.330 e. The number of aliphatic carboxylic acids is 1. The smallest absolute Gasteiger partial charge is 0.330 e. The first-order valence-corrected chi connectivity index (χ1v) is 12.4. The Bertz CT molecular complexity index is 544. The fraction of sp³-hybridized carbons (Fsp3) is 0.824. The van der Waals surface area contributed by atoms with Crippen molar-refractivity contribution in [3.05, 3.63) is 0 Å². The summed E-state index contributed by atoms with van der Waals surface area (Å²) in [6, 6.07) is -1.00. The number of nitrogens with one attached hydrogen (secondary N) is 2. The van der Waals surface area contributed by atoms with E-state index in [9.17, 15) is 14.2 Å². The van der Waals surface area contributed by atoms with Gasteiger partial charge in [-0.15, -0.1) is 0 Å². The van der Waals surface area contributed by atoms with E-state index in [-0.39, 0.29) is 23.8 Å². The summed E-state index contributed by atoms with van der Waals surface area (Å²) in [7, 11) is -3.16. The molecule has 0 radical (unpaired) electrons. The van der Waals surface area contributed by atoms with E-state index in [1.54, 1.807) is 0 Å². The molecule has 1 atom stereocenters. The Morgan fingerprint density at radius 3 is 2.11 bits per heavy atom. The SMILES string of the molecule is CC(=O)N[C@@H](CSC(=S)NCCCP(=O)(OCC(C)C)OCC(C)C)C(=O)O. The monoisotopic (exact) mass is 456 g/mol. The van der Waals surface area contributed by atoms with Crippen LogP contribution in [0, 0.1) is 11.8 Å². The lowest BCUT2D eigenvalue weighted by molar-refractivity contribution is -0.140. The molecule has 11 heteroatoms. The zero-order valence-corrected chi connectivity index (χ0v) is 19.8. The first kappa shape index (κ1) is 27.3. The van der Waals surface area contributed by atoms with Gasteiger partial charge in [0.2, 0.25) is 5.91 Å². The third-order valence-electron chi connectivity index (χ3n) is 3.14. The van der Waals surface area contributed by atoms with Gasteiger partial charge in [0.15, 0.2) is 0 Å². The number of hydrogen-bond donors (Lipinski definition) is 3. The first-order valence-electron chi connectivity index (χ1n) is 9.24. The number of thiocarbonyl (C=S) groups is 1. The van der Waals surface area contributed by atoms with Crippen molar-refractivity contribution in [3.8, 4) is 0 Å². The Labute approximate surface area is 177 Å². The van der Waals surface area contributed by atoms with E-state index >= 15 is 0 Å². The van der Waals surface area contributed by atoms with Gasteiger partial charge < -0.3 is 24.8 Å². The molecule has 164 valence electrons. The van der Waals surface area contributed by atoms with Gasteiger partial charge in [-0.05, 0) is 18.3 Å². The van der Waals surface area contributed by atoms with E-state index in [4.69, 9.17) is 26.4 Å². The van der Waals surface area contributed by atoms with Crippen LogP contribution in [-0.2, 0) is 23.2 Å². The van der Waals surface area contributed by atoms with Crippen LogP contribution in [-0.4, -0.2) is 59.0 Å². The second kappa shape index (κ2) is 14.3. The van der Waals surface area contributed by atoms with Crippen LogP contribution in [0.2, 0.25) is 0 Å². The minimum Gasteiger partial charge on any atom is -0.480 e. The van der Waals surface area contributed by atoms with Gasteiger partial charge in [-0.3, -0.25) is 9.36 Å². The standard InChI is InChI=1S/C17H33N2O6PS2/c1-12(2)9-24-26(23,25-10-13(3)4)8-6-7-18-17(27)28-11-15(16(21)22)19-14(5)20/h12-13,15H,6-11H2,1-5H3,(H,18,27)(H,19,20)(H,21,22)/t15-/m0/s1. The van der Waals surface area contributed by atoms with Crippen LogP contribution in [0.3, 0.4) is 0 Å². The molecule has 8 nitrogen and oxygen atoms in total. The van der Waals surface area contributed by atoms with Gasteiger partial charge in [0.25, 0.3) is 0 Å². The lowest BCUT2D eigenvalue weighted by atomic mass is 10.2. The molecule has 0 saturated heterocycles. The molecule has 0 heterocycles. The lowest BCUT2D eigenvalue weighted by Crippen LogP contribution is -2.42. The normalized spacial score (nSPS) is 12.8. The predicted octanol–water partition coefficient (Wildman–Crippen LogP) is 3.11. The van der Waals surface area contributed by atoms with Gasteiger partial charge in [-0.25, -0.2) is 4.79 Å². The molecule has 0 aliphatic carbocycles. The molecule has 0 rings (SSSR count). The summed E-state index contributed by atoms with van der Waals surface area (Å²) < 4.78 is 24.4. The second-order valence-corrected chi connectivity index (χ2v) is 11.1. The van der Waals surface area contributed by atoms with Gasteiger partial charge >= 0.3 is 13.6 Å². The number of carbonyl (C=O) groups excluding carboxylic acids is 1. The highest BCUT2D eigenvalue weighted by atomic mass is 32.2. The molecule has 0 spiro atoms. The third-order valence-corrected chi connectivity index (χ3v) is 6.50. The van der Waals surface area contributed by atoms with Crippen molar-refractivity contribution < 1.29 is 28.3 Å². The summed E-state index contributed by atoms with van der Waals surface area (Å²) in [5.41, 5.74) is 0. The summed E-state index contributed by atoms with van der Waals surface area (Å²) in [4.78, 5) is 22.1.